The van der Waals surface area contributed by atoms with Crippen molar-refractivity contribution in [3.8, 4) is 0 Å². The predicted octanol–water partition coefficient (Wildman–Crippen LogP) is 4.26. The zero-order valence-electron chi connectivity index (χ0n) is 14.3. The highest BCUT2D eigenvalue weighted by Crippen LogP contribution is 2.24. The van der Waals surface area contributed by atoms with Crippen LogP contribution in [0.3, 0.4) is 0 Å². The number of carbonyl (C=O) groups excluding carboxylic acids is 1. The van der Waals surface area contributed by atoms with Gasteiger partial charge < -0.3 is 14.7 Å². The number of nitrogens with one attached hydrogen (secondary N) is 2. The molecule has 0 saturated heterocycles. The van der Waals surface area contributed by atoms with E-state index in [1.165, 1.54) is 12.1 Å². The van der Waals surface area contributed by atoms with Gasteiger partial charge in [-0.3, -0.25) is 4.79 Å². The third kappa shape index (κ3) is 3.31. The number of carbonyl (C=O) groups is 1. The lowest BCUT2D eigenvalue weighted by Gasteiger charge is -2.10. The Labute approximate surface area is 149 Å². The zero-order valence-corrected chi connectivity index (χ0v) is 14.3. The molecule has 0 spiro atoms. The molecular weight excluding hydrogens is 333 g/mol. The van der Waals surface area contributed by atoms with Gasteiger partial charge in [0.1, 0.15) is 23.0 Å². The number of halogens is 1. The fourth-order valence-electron chi connectivity index (χ4n) is 2.99. The summed E-state index contributed by atoms with van der Waals surface area (Å²) in [6, 6.07) is 13.6. The number of nitrogens with zero attached hydrogens (tertiary/aromatic N) is 1. The van der Waals surface area contributed by atoms with Crippen LogP contribution in [0.2, 0.25) is 0 Å². The van der Waals surface area contributed by atoms with Gasteiger partial charge in [-0.2, -0.15) is 0 Å². The Morgan fingerprint density at radius 1 is 1.27 bits per heavy atom. The van der Waals surface area contributed by atoms with Crippen molar-refractivity contribution in [3.63, 3.8) is 0 Å². The molecule has 2 aromatic heterocycles. The van der Waals surface area contributed by atoms with E-state index in [-0.39, 0.29) is 17.8 Å². The summed E-state index contributed by atoms with van der Waals surface area (Å²) in [6.07, 6.45) is 0.845. The molecule has 1 atom stereocenters. The van der Waals surface area contributed by atoms with Gasteiger partial charge in [0.2, 0.25) is 5.91 Å². The maximum absolute atomic E-state index is 13.3. The van der Waals surface area contributed by atoms with Gasteiger partial charge in [-0.1, -0.05) is 12.1 Å². The number of hydrogen-bond acceptors (Lipinski definition) is 3. The zero-order chi connectivity index (χ0) is 18.1. The number of hydrogen-bond donors (Lipinski definition) is 2. The van der Waals surface area contributed by atoms with Gasteiger partial charge in [-0.25, -0.2) is 9.37 Å². The van der Waals surface area contributed by atoms with Crippen molar-refractivity contribution in [3.05, 3.63) is 65.9 Å². The fraction of sp³-hybridized carbons (Fsp3) is 0.200. The molecule has 1 unspecified atom stereocenters. The highest BCUT2D eigenvalue weighted by molar-refractivity contribution is 5.79. The van der Waals surface area contributed by atoms with Crippen LogP contribution in [0.25, 0.3) is 22.0 Å². The van der Waals surface area contributed by atoms with Crippen molar-refractivity contribution in [1.82, 2.24) is 15.3 Å². The molecule has 0 radical (unpaired) electrons. The van der Waals surface area contributed by atoms with E-state index in [1.54, 1.807) is 12.1 Å². The van der Waals surface area contributed by atoms with Crippen LogP contribution >= 0.6 is 0 Å². The number of H-pyrrole nitrogens is 1. The van der Waals surface area contributed by atoms with Crippen molar-refractivity contribution in [2.24, 2.45) is 0 Å². The monoisotopic (exact) mass is 351 g/mol. The molecule has 6 heteroatoms. The number of amides is 1. The summed E-state index contributed by atoms with van der Waals surface area (Å²) in [5.74, 6) is 0.980. The SMILES string of the molecule is CC(NC(=O)CCc1nc2ccccc2[nH]1)c1cc2cc(F)ccc2o1. The summed E-state index contributed by atoms with van der Waals surface area (Å²) in [4.78, 5) is 19.9. The number of benzene rings is 2. The maximum Gasteiger partial charge on any atom is 0.221 e. The smallest absolute Gasteiger partial charge is 0.221 e. The second-order valence-corrected chi connectivity index (χ2v) is 6.32. The first-order chi connectivity index (χ1) is 12.6. The van der Waals surface area contributed by atoms with Crippen LogP contribution in [0.1, 0.15) is 31.0 Å². The molecule has 4 aromatic rings. The Kier molecular flexibility index (Phi) is 4.16. The Morgan fingerprint density at radius 2 is 2.12 bits per heavy atom. The Balaban J connectivity index is 1.38. The molecule has 0 fully saturated rings. The summed E-state index contributed by atoms with van der Waals surface area (Å²) in [5.41, 5.74) is 2.46. The Hall–Kier alpha value is -3.15. The van der Waals surface area contributed by atoms with Crippen molar-refractivity contribution < 1.29 is 13.6 Å². The molecule has 132 valence electrons. The second-order valence-electron chi connectivity index (χ2n) is 6.32. The van der Waals surface area contributed by atoms with Gasteiger partial charge in [0.15, 0.2) is 0 Å². The molecule has 5 nitrogen and oxygen atoms in total. The predicted molar refractivity (Wildman–Crippen MR) is 97.1 cm³/mol. The number of para-hydroxylation sites is 2. The van der Waals surface area contributed by atoms with E-state index in [4.69, 9.17) is 4.42 Å². The number of furan rings is 1. The summed E-state index contributed by atoms with van der Waals surface area (Å²) < 4.78 is 19.0. The van der Waals surface area contributed by atoms with Crippen molar-refractivity contribution >= 4 is 27.9 Å². The molecule has 2 heterocycles. The maximum atomic E-state index is 13.3. The average molecular weight is 351 g/mol. The van der Waals surface area contributed by atoms with Crippen LogP contribution in [0.5, 0.6) is 0 Å². The molecule has 0 saturated carbocycles. The molecule has 1 amide bonds. The van der Waals surface area contributed by atoms with Gasteiger partial charge in [0.05, 0.1) is 17.1 Å². The second kappa shape index (κ2) is 6.63. The number of fused-ring (bicyclic) bond motifs is 2. The van der Waals surface area contributed by atoms with Crippen LogP contribution in [-0.2, 0) is 11.2 Å². The molecule has 26 heavy (non-hydrogen) atoms. The highest BCUT2D eigenvalue weighted by Gasteiger charge is 2.15. The third-order valence-electron chi connectivity index (χ3n) is 4.33. The van der Waals surface area contributed by atoms with E-state index in [0.29, 0.717) is 29.6 Å². The van der Waals surface area contributed by atoms with E-state index < -0.39 is 0 Å². The van der Waals surface area contributed by atoms with Crippen molar-refractivity contribution in [2.45, 2.75) is 25.8 Å². The lowest BCUT2D eigenvalue weighted by Crippen LogP contribution is -2.26. The fourth-order valence-corrected chi connectivity index (χ4v) is 2.99. The molecule has 0 aliphatic rings. The molecule has 0 bridgehead atoms. The van der Waals surface area contributed by atoms with E-state index in [0.717, 1.165) is 16.9 Å². The highest BCUT2D eigenvalue weighted by atomic mass is 19.1. The summed E-state index contributed by atoms with van der Waals surface area (Å²) in [7, 11) is 0. The molecule has 2 N–H and O–H groups in total. The van der Waals surface area contributed by atoms with Crippen molar-refractivity contribution in [2.75, 3.05) is 0 Å². The summed E-state index contributed by atoms with van der Waals surface area (Å²) in [6.45, 7) is 1.84. The molecule has 0 aliphatic heterocycles. The van der Waals surface area contributed by atoms with Crippen molar-refractivity contribution in [1.29, 1.82) is 0 Å². The first-order valence-corrected chi connectivity index (χ1v) is 8.50. The minimum Gasteiger partial charge on any atom is -0.459 e. The molecule has 2 aromatic carbocycles. The summed E-state index contributed by atoms with van der Waals surface area (Å²) >= 11 is 0. The van der Waals surface area contributed by atoms with Gasteiger partial charge in [0.25, 0.3) is 0 Å². The molecule has 0 aliphatic carbocycles. The number of imidazole rings is 1. The Bertz CT molecular complexity index is 1050. The normalized spacial score (nSPS) is 12.5. The van der Waals surface area contributed by atoms with Crippen LogP contribution in [0, 0.1) is 5.82 Å². The molecule has 4 rings (SSSR count). The van der Waals surface area contributed by atoms with E-state index >= 15 is 0 Å². The minimum atomic E-state index is -0.313. The van der Waals surface area contributed by atoms with Crippen LogP contribution in [-0.4, -0.2) is 15.9 Å². The van der Waals surface area contributed by atoms with Crippen LogP contribution in [0.4, 0.5) is 4.39 Å². The quantitative estimate of drug-likeness (QED) is 0.564. The van der Waals surface area contributed by atoms with E-state index in [9.17, 15) is 9.18 Å². The minimum absolute atomic E-state index is 0.0930. The lowest BCUT2D eigenvalue weighted by atomic mass is 10.2. The van der Waals surface area contributed by atoms with Gasteiger partial charge in [-0.05, 0) is 43.3 Å². The first-order valence-electron chi connectivity index (χ1n) is 8.50. The first kappa shape index (κ1) is 16.3. The number of aromatic nitrogens is 2. The van der Waals surface area contributed by atoms with Gasteiger partial charge in [-0.15, -0.1) is 0 Å². The van der Waals surface area contributed by atoms with E-state index in [1.807, 2.05) is 31.2 Å². The lowest BCUT2D eigenvalue weighted by molar-refractivity contribution is -0.121. The van der Waals surface area contributed by atoms with Crippen LogP contribution in [0.15, 0.2) is 52.9 Å². The third-order valence-corrected chi connectivity index (χ3v) is 4.33. The largest absolute Gasteiger partial charge is 0.459 e. The number of rotatable bonds is 5. The van der Waals surface area contributed by atoms with E-state index in [2.05, 4.69) is 15.3 Å². The van der Waals surface area contributed by atoms with Gasteiger partial charge in [0, 0.05) is 18.2 Å². The number of aryl methyl sites for hydroxylation is 1. The number of aromatic amines is 1. The average Bonchev–Trinajstić information content (AvgIpc) is 3.23. The molecular formula is C20H18FN3O2. The topological polar surface area (TPSA) is 70.9 Å². The van der Waals surface area contributed by atoms with Gasteiger partial charge >= 0.3 is 0 Å². The standard InChI is InChI=1S/C20H18FN3O2/c1-12(18-11-13-10-14(21)6-7-17(13)26-18)22-20(25)9-8-19-23-15-4-2-3-5-16(15)24-19/h2-7,10-12H,8-9H2,1H3,(H,22,25)(H,23,24). The Morgan fingerprint density at radius 3 is 2.96 bits per heavy atom. The van der Waals surface area contributed by atoms with Crippen LogP contribution < -0.4 is 5.32 Å². The summed E-state index contributed by atoms with van der Waals surface area (Å²) in [5, 5.41) is 3.59.